The zero-order chi connectivity index (χ0) is 13.0. The molecule has 6 heteroatoms. The van der Waals surface area contributed by atoms with Gasteiger partial charge in [0.25, 0.3) is 5.91 Å². The normalized spacial score (nSPS) is 28.8. The SMILES string of the molecule is COC(=O)C1CCCN(C(=O)C2COCCO2)C1. The lowest BCUT2D eigenvalue weighted by atomic mass is 9.98. The second kappa shape index (κ2) is 6.15. The highest BCUT2D eigenvalue weighted by Gasteiger charge is 2.33. The number of esters is 1. The fourth-order valence-corrected chi connectivity index (χ4v) is 2.37. The lowest BCUT2D eigenvalue weighted by Gasteiger charge is -2.34. The van der Waals surface area contributed by atoms with Crippen LogP contribution in [-0.4, -0.2) is 62.9 Å². The maximum absolute atomic E-state index is 12.2. The van der Waals surface area contributed by atoms with E-state index in [-0.39, 0.29) is 17.8 Å². The Morgan fingerprint density at radius 1 is 1.33 bits per heavy atom. The van der Waals surface area contributed by atoms with Crippen molar-refractivity contribution in [3.05, 3.63) is 0 Å². The summed E-state index contributed by atoms with van der Waals surface area (Å²) >= 11 is 0. The van der Waals surface area contributed by atoms with Crippen molar-refractivity contribution in [2.45, 2.75) is 18.9 Å². The Morgan fingerprint density at radius 2 is 2.17 bits per heavy atom. The number of amides is 1. The molecule has 2 unspecified atom stereocenters. The molecule has 0 radical (unpaired) electrons. The van der Waals surface area contributed by atoms with Crippen molar-refractivity contribution in [3.8, 4) is 0 Å². The van der Waals surface area contributed by atoms with E-state index in [0.717, 1.165) is 12.8 Å². The first-order valence-electron chi connectivity index (χ1n) is 6.28. The van der Waals surface area contributed by atoms with Crippen LogP contribution >= 0.6 is 0 Å². The topological polar surface area (TPSA) is 65.1 Å². The Balaban J connectivity index is 1.91. The summed E-state index contributed by atoms with van der Waals surface area (Å²) in [5, 5.41) is 0. The summed E-state index contributed by atoms with van der Waals surface area (Å²) in [6.45, 7) is 2.38. The van der Waals surface area contributed by atoms with Crippen LogP contribution in [0.15, 0.2) is 0 Å². The second-order valence-electron chi connectivity index (χ2n) is 4.58. The molecule has 2 saturated heterocycles. The van der Waals surface area contributed by atoms with E-state index in [1.165, 1.54) is 7.11 Å². The third-order valence-corrected chi connectivity index (χ3v) is 3.36. The third-order valence-electron chi connectivity index (χ3n) is 3.36. The van der Waals surface area contributed by atoms with Crippen LogP contribution < -0.4 is 0 Å². The maximum atomic E-state index is 12.2. The molecule has 2 atom stereocenters. The molecule has 0 aromatic heterocycles. The van der Waals surface area contributed by atoms with Crippen molar-refractivity contribution in [2.24, 2.45) is 5.92 Å². The molecule has 2 aliphatic rings. The molecule has 1 amide bonds. The van der Waals surface area contributed by atoms with E-state index in [1.807, 2.05) is 0 Å². The Bertz CT molecular complexity index is 314. The van der Waals surface area contributed by atoms with Crippen molar-refractivity contribution in [1.82, 2.24) is 4.90 Å². The van der Waals surface area contributed by atoms with Gasteiger partial charge in [-0.3, -0.25) is 9.59 Å². The van der Waals surface area contributed by atoms with Crippen molar-refractivity contribution < 1.29 is 23.8 Å². The number of piperidine rings is 1. The number of hydrogen-bond acceptors (Lipinski definition) is 5. The highest BCUT2D eigenvalue weighted by atomic mass is 16.6. The Labute approximate surface area is 106 Å². The van der Waals surface area contributed by atoms with Gasteiger partial charge in [0.2, 0.25) is 0 Å². The second-order valence-corrected chi connectivity index (χ2v) is 4.58. The maximum Gasteiger partial charge on any atom is 0.310 e. The van der Waals surface area contributed by atoms with E-state index in [9.17, 15) is 9.59 Å². The molecule has 2 fully saturated rings. The molecule has 102 valence electrons. The summed E-state index contributed by atoms with van der Waals surface area (Å²) in [4.78, 5) is 25.4. The van der Waals surface area contributed by atoms with E-state index in [4.69, 9.17) is 14.2 Å². The summed E-state index contributed by atoms with van der Waals surface area (Å²) in [7, 11) is 1.38. The average Bonchev–Trinajstić information content (AvgIpc) is 2.46. The van der Waals surface area contributed by atoms with Gasteiger partial charge in [0.15, 0.2) is 6.10 Å². The fraction of sp³-hybridized carbons (Fsp3) is 0.833. The summed E-state index contributed by atoms with van der Waals surface area (Å²) in [5.41, 5.74) is 0. The van der Waals surface area contributed by atoms with Gasteiger partial charge in [-0.05, 0) is 12.8 Å². The number of hydrogen-bond donors (Lipinski definition) is 0. The zero-order valence-electron chi connectivity index (χ0n) is 10.6. The summed E-state index contributed by atoms with van der Waals surface area (Å²) < 4.78 is 15.3. The number of carbonyl (C=O) groups is 2. The molecular formula is C12H19NO5. The van der Waals surface area contributed by atoms with Gasteiger partial charge in [0, 0.05) is 13.1 Å². The smallest absolute Gasteiger partial charge is 0.310 e. The molecule has 0 N–H and O–H groups in total. The van der Waals surface area contributed by atoms with Crippen molar-refractivity contribution in [3.63, 3.8) is 0 Å². The first-order chi connectivity index (χ1) is 8.72. The van der Waals surface area contributed by atoms with Crippen LogP contribution in [0, 0.1) is 5.92 Å². The minimum Gasteiger partial charge on any atom is -0.469 e. The lowest BCUT2D eigenvalue weighted by molar-refractivity contribution is -0.161. The van der Waals surface area contributed by atoms with Crippen LogP contribution in [0.4, 0.5) is 0 Å². The van der Waals surface area contributed by atoms with E-state index in [0.29, 0.717) is 32.9 Å². The highest BCUT2D eigenvalue weighted by Crippen LogP contribution is 2.19. The van der Waals surface area contributed by atoms with Crippen molar-refractivity contribution >= 4 is 11.9 Å². The van der Waals surface area contributed by atoms with Gasteiger partial charge >= 0.3 is 5.97 Å². The molecule has 0 bridgehead atoms. The van der Waals surface area contributed by atoms with Gasteiger partial charge in [-0.15, -0.1) is 0 Å². The first-order valence-corrected chi connectivity index (χ1v) is 6.28. The standard InChI is InChI=1S/C12H19NO5/c1-16-12(15)9-3-2-4-13(7-9)11(14)10-8-17-5-6-18-10/h9-10H,2-8H2,1H3. The number of carbonyl (C=O) groups excluding carboxylic acids is 2. The van der Waals surface area contributed by atoms with E-state index in [2.05, 4.69) is 0 Å². The van der Waals surface area contributed by atoms with E-state index in [1.54, 1.807) is 4.90 Å². The average molecular weight is 257 g/mol. The molecule has 0 aromatic rings. The molecule has 2 heterocycles. The third kappa shape index (κ3) is 3.00. The Kier molecular flexibility index (Phi) is 4.54. The molecule has 0 aromatic carbocycles. The van der Waals surface area contributed by atoms with Crippen LogP contribution in [-0.2, 0) is 23.8 Å². The van der Waals surface area contributed by atoms with Crippen LogP contribution in [0.1, 0.15) is 12.8 Å². The minimum atomic E-state index is -0.518. The molecule has 2 aliphatic heterocycles. The van der Waals surface area contributed by atoms with Crippen LogP contribution in [0.25, 0.3) is 0 Å². The van der Waals surface area contributed by atoms with Crippen molar-refractivity contribution in [2.75, 3.05) is 40.0 Å². The van der Waals surface area contributed by atoms with Gasteiger partial charge in [0.1, 0.15) is 0 Å². The lowest BCUT2D eigenvalue weighted by Crippen LogP contribution is -2.50. The quantitative estimate of drug-likeness (QED) is 0.642. The van der Waals surface area contributed by atoms with E-state index >= 15 is 0 Å². The van der Waals surface area contributed by atoms with E-state index < -0.39 is 6.10 Å². The van der Waals surface area contributed by atoms with Crippen molar-refractivity contribution in [1.29, 1.82) is 0 Å². The molecule has 0 aliphatic carbocycles. The largest absolute Gasteiger partial charge is 0.469 e. The molecule has 0 spiro atoms. The first kappa shape index (κ1) is 13.3. The van der Waals surface area contributed by atoms with Gasteiger partial charge < -0.3 is 19.1 Å². The summed E-state index contributed by atoms with van der Waals surface area (Å²) in [6.07, 6.45) is 1.08. The summed E-state index contributed by atoms with van der Waals surface area (Å²) in [6, 6.07) is 0. The van der Waals surface area contributed by atoms with Crippen LogP contribution in [0.2, 0.25) is 0 Å². The number of rotatable bonds is 2. The number of methoxy groups -OCH3 is 1. The molecule has 0 saturated carbocycles. The molecule has 18 heavy (non-hydrogen) atoms. The number of likely N-dealkylation sites (tertiary alicyclic amines) is 1. The Morgan fingerprint density at radius 3 is 2.83 bits per heavy atom. The fourth-order valence-electron chi connectivity index (χ4n) is 2.37. The van der Waals surface area contributed by atoms with Gasteiger partial charge in [-0.1, -0.05) is 0 Å². The van der Waals surface area contributed by atoms with Gasteiger partial charge in [-0.25, -0.2) is 0 Å². The predicted octanol–water partition coefficient (Wildman–Crippen LogP) is -0.187. The molecule has 2 rings (SSSR count). The zero-order valence-corrected chi connectivity index (χ0v) is 10.6. The van der Waals surface area contributed by atoms with Gasteiger partial charge in [-0.2, -0.15) is 0 Å². The Hall–Kier alpha value is -1.14. The molecular weight excluding hydrogens is 238 g/mol. The monoisotopic (exact) mass is 257 g/mol. The van der Waals surface area contributed by atoms with Gasteiger partial charge in [0.05, 0.1) is 32.8 Å². The molecule has 6 nitrogen and oxygen atoms in total. The number of ether oxygens (including phenoxy) is 3. The van der Waals surface area contributed by atoms with Crippen LogP contribution in [0.3, 0.4) is 0 Å². The summed E-state index contributed by atoms with van der Waals surface area (Å²) in [5.74, 6) is -0.533. The van der Waals surface area contributed by atoms with Crippen LogP contribution in [0.5, 0.6) is 0 Å². The highest BCUT2D eigenvalue weighted by molar-refractivity contribution is 5.82. The predicted molar refractivity (Wildman–Crippen MR) is 61.9 cm³/mol. The number of nitrogens with zero attached hydrogens (tertiary/aromatic N) is 1. The minimum absolute atomic E-state index is 0.0803.